The van der Waals surface area contributed by atoms with E-state index < -0.39 is 0 Å². The molecule has 0 saturated heterocycles. The number of rotatable bonds is 9. The maximum Gasteiger partial charge on any atom is 0.0362 e. The van der Waals surface area contributed by atoms with E-state index >= 15 is 0 Å². The molecule has 1 aliphatic carbocycles. The molecule has 1 rings (SSSR count). The summed E-state index contributed by atoms with van der Waals surface area (Å²) in [6.07, 6.45) is 14.1. The molecule has 1 atom stereocenters. The average Bonchev–Trinajstić information content (AvgIpc) is 2.91. The summed E-state index contributed by atoms with van der Waals surface area (Å²) in [5.74, 6) is 2.83. The Morgan fingerprint density at radius 3 is 2.32 bits per heavy atom. The minimum Gasteiger partial charge on any atom is -0.312 e. The van der Waals surface area contributed by atoms with Crippen LogP contribution in [0.5, 0.6) is 0 Å². The van der Waals surface area contributed by atoms with Gasteiger partial charge in [-0.05, 0) is 45.3 Å². The summed E-state index contributed by atoms with van der Waals surface area (Å²) in [6, 6.07) is 0.561. The Kier molecular flexibility index (Phi) is 7.49. The summed E-state index contributed by atoms with van der Waals surface area (Å²) in [6.45, 7) is 10.2. The van der Waals surface area contributed by atoms with Gasteiger partial charge in [-0.2, -0.15) is 0 Å². The van der Waals surface area contributed by atoms with Crippen LogP contribution in [0.2, 0.25) is 0 Å². The topological polar surface area (TPSA) is 15.3 Å². The zero-order valence-electron chi connectivity index (χ0n) is 13.2. The molecule has 0 aromatic heterocycles. The highest BCUT2D eigenvalue weighted by Crippen LogP contribution is 2.39. The highest BCUT2D eigenvalue weighted by atomic mass is 15.2. The van der Waals surface area contributed by atoms with Crippen LogP contribution in [0, 0.1) is 12.3 Å². The van der Waals surface area contributed by atoms with Crippen molar-refractivity contribution in [1.29, 1.82) is 0 Å². The molecular weight excluding hydrogens is 232 g/mol. The molecule has 0 aromatic rings. The van der Waals surface area contributed by atoms with Gasteiger partial charge in [0, 0.05) is 18.0 Å². The number of hydrogen-bond acceptors (Lipinski definition) is 2. The molecule has 0 aliphatic heterocycles. The van der Waals surface area contributed by atoms with E-state index in [2.05, 4.69) is 36.9 Å². The Bertz CT molecular complexity index is 269. The van der Waals surface area contributed by atoms with Crippen molar-refractivity contribution < 1.29 is 0 Å². The van der Waals surface area contributed by atoms with Crippen LogP contribution < -0.4 is 5.32 Å². The van der Waals surface area contributed by atoms with Gasteiger partial charge in [0.05, 0.1) is 0 Å². The fraction of sp³-hybridized carbons (Fsp3) is 0.882. The molecule has 0 heterocycles. The Labute approximate surface area is 120 Å². The predicted molar refractivity (Wildman–Crippen MR) is 84.3 cm³/mol. The van der Waals surface area contributed by atoms with Crippen LogP contribution in [0.3, 0.4) is 0 Å². The van der Waals surface area contributed by atoms with E-state index in [0.29, 0.717) is 11.6 Å². The lowest BCUT2D eigenvalue weighted by Gasteiger charge is -2.46. The molecule has 1 unspecified atom stereocenters. The van der Waals surface area contributed by atoms with Crippen molar-refractivity contribution in [2.75, 3.05) is 19.6 Å². The summed E-state index contributed by atoms with van der Waals surface area (Å²) in [7, 11) is 0. The normalized spacial score (nSPS) is 19.5. The molecule has 1 N–H and O–H groups in total. The fourth-order valence-electron chi connectivity index (χ4n) is 3.83. The third-order valence-corrected chi connectivity index (χ3v) is 4.73. The second-order valence-electron chi connectivity index (χ2n) is 5.73. The largest absolute Gasteiger partial charge is 0.312 e. The van der Waals surface area contributed by atoms with Gasteiger partial charge in [-0.15, -0.1) is 12.3 Å². The minimum atomic E-state index is 0.357. The minimum absolute atomic E-state index is 0.357. The average molecular weight is 264 g/mol. The summed E-state index contributed by atoms with van der Waals surface area (Å²) < 4.78 is 0. The fourth-order valence-corrected chi connectivity index (χ4v) is 3.83. The van der Waals surface area contributed by atoms with E-state index in [1.807, 2.05) is 0 Å². The highest BCUT2D eigenvalue weighted by molar-refractivity contribution is 5.04. The van der Waals surface area contributed by atoms with Crippen molar-refractivity contribution in [2.45, 2.75) is 77.3 Å². The molecule has 0 bridgehead atoms. The van der Waals surface area contributed by atoms with Gasteiger partial charge in [-0.25, -0.2) is 0 Å². The van der Waals surface area contributed by atoms with Crippen LogP contribution in [0.15, 0.2) is 0 Å². The first-order valence-corrected chi connectivity index (χ1v) is 8.17. The molecule has 2 nitrogen and oxygen atoms in total. The van der Waals surface area contributed by atoms with Gasteiger partial charge in [0.15, 0.2) is 0 Å². The Morgan fingerprint density at radius 1 is 1.21 bits per heavy atom. The quantitative estimate of drug-likeness (QED) is 0.642. The van der Waals surface area contributed by atoms with E-state index in [1.165, 1.54) is 32.1 Å². The van der Waals surface area contributed by atoms with Gasteiger partial charge in [0.2, 0.25) is 0 Å². The van der Waals surface area contributed by atoms with Crippen molar-refractivity contribution in [3.8, 4) is 12.3 Å². The smallest absolute Gasteiger partial charge is 0.0362 e. The van der Waals surface area contributed by atoms with Crippen molar-refractivity contribution in [3.63, 3.8) is 0 Å². The lowest BCUT2D eigenvalue weighted by molar-refractivity contribution is 0.0602. The second kappa shape index (κ2) is 8.61. The lowest BCUT2D eigenvalue weighted by atomic mass is 9.83. The van der Waals surface area contributed by atoms with Gasteiger partial charge in [-0.1, -0.05) is 33.6 Å². The first-order chi connectivity index (χ1) is 9.25. The molecule has 2 heteroatoms. The van der Waals surface area contributed by atoms with Crippen molar-refractivity contribution in [1.82, 2.24) is 10.2 Å². The zero-order chi connectivity index (χ0) is 14.1. The zero-order valence-corrected chi connectivity index (χ0v) is 13.2. The molecule has 110 valence electrons. The van der Waals surface area contributed by atoms with Gasteiger partial charge in [0.1, 0.15) is 0 Å². The van der Waals surface area contributed by atoms with Crippen LogP contribution in [0.1, 0.15) is 65.7 Å². The van der Waals surface area contributed by atoms with Gasteiger partial charge in [0.25, 0.3) is 0 Å². The van der Waals surface area contributed by atoms with Crippen molar-refractivity contribution in [2.24, 2.45) is 0 Å². The van der Waals surface area contributed by atoms with Crippen molar-refractivity contribution >= 4 is 0 Å². The Morgan fingerprint density at radius 2 is 1.84 bits per heavy atom. The number of likely N-dealkylation sites (N-methyl/N-ethyl adjacent to an activating group) is 1. The van der Waals surface area contributed by atoms with Crippen molar-refractivity contribution in [3.05, 3.63) is 0 Å². The SMILES string of the molecule is C#CCCC(NCCC)C1(N(CC)CC)CCCC1. The Hall–Kier alpha value is -0.520. The van der Waals surface area contributed by atoms with E-state index in [-0.39, 0.29) is 0 Å². The van der Waals surface area contributed by atoms with Crippen LogP contribution in [-0.4, -0.2) is 36.1 Å². The molecule has 19 heavy (non-hydrogen) atoms. The van der Waals surface area contributed by atoms with Gasteiger partial charge < -0.3 is 5.32 Å². The molecule has 1 aliphatic rings. The third kappa shape index (κ3) is 3.97. The molecule has 1 fully saturated rings. The van der Waals surface area contributed by atoms with Gasteiger partial charge >= 0.3 is 0 Å². The molecule has 1 saturated carbocycles. The first kappa shape index (κ1) is 16.5. The van der Waals surface area contributed by atoms with Crippen LogP contribution in [-0.2, 0) is 0 Å². The third-order valence-electron chi connectivity index (χ3n) is 4.73. The van der Waals surface area contributed by atoms with Gasteiger partial charge in [-0.3, -0.25) is 4.90 Å². The van der Waals surface area contributed by atoms with E-state index in [9.17, 15) is 0 Å². The maximum atomic E-state index is 5.50. The van der Waals surface area contributed by atoms with Crippen LogP contribution >= 0.6 is 0 Å². The summed E-state index contributed by atoms with van der Waals surface area (Å²) in [5.41, 5.74) is 0.357. The standard InChI is InChI=1S/C17H32N2/c1-5-9-12-16(18-15-6-2)17(13-10-11-14-17)19(7-3)8-4/h1,16,18H,6-15H2,2-4H3. The number of terminal acetylenes is 1. The highest BCUT2D eigenvalue weighted by Gasteiger charge is 2.44. The molecule has 0 radical (unpaired) electrons. The summed E-state index contributed by atoms with van der Waals surface area (Å²) in [4.78, 5) is 2.68. The molecule has 0 amide bonds. The lowest BCUT2D eigenvalue weighted by Crippen LogP contribution is -2.60. The number of nitrogens with zero attached hydrogens (tertiary/aromatic N) is 1. The molecular formula is C17H32N2. The monoisotopic (exact) mass is 264 g/mol. The first-order valence-electron chi connectivity index (χ1n) is 8.17. The second-order valence-corrected chi connectivity index (χ2v) is 5.73. The van der Waals surface area contributed by atoms with Crippen LogP contribution in [0.4, 0.5) is 0 Å². The molecule has 0 spiro atoms. The van der Waals surface area contributed by atoms with Crippen LogP contribution in [0.25, 0.3) is 0 Å². The number of nitrogens with one attached hydrogen (secondary N) is 1. The predicted octanol–water partition coefficient (Wildman–Crippen LogP) is 3.42. The van der Waals surface area contributed by atoms with E-state index in [1.54, 1.807) is 0 Å². The number of hydrogen-bond donors (Lipinski definition) is 1. The molecule has 0 aromatic carbocycles. The summed E-state index contributed by atoms with van der Waals surface area (Å²) in [5, 5.41) is 3.80. The summed E-state index contributed by atoms with van der Waals surface area (Å²) >= 11 is 0. The van der Waals surface area contributed by atoms with E-state index in [4.69, 9.17) is 6.42 Å². The van der Waals surface area contributed by atoms with E-state index in [0.717, 1.165) is 32.5 Å². The Balaban J connectivity index is 2.86. The maximum absolute atomic E-state index is 5.50.